The van der Waals surface area contributed by atoms with Crippen LogP contribution in [0.5, 0.6) is 0 Å². The Morgan fingerprint density at radius 1 is 1.04 bits per heavy atom. The molecule has 3 aromatic rings. The molecule has 2 N–H and O–H groups in total. The third kappa shape index (κ3) is 4.21. The van der Waals surface area contributed by atoms with Crippen molar-refractivity contribution < 1.29 is 18.0 Å². The Bertz CT molecular complexity index is 862. The summed E-state index contributed by atoms with van der Waals surface area (Å²) < 4.78 is 39.8. The minimum Gasteiger partial charge on any atom is -0.314 e. The fourth-order valence-corrected chi connectivity index (χ4v) is 2.41. The summed E-state index contributed by atoms with van der Waals surface area (Å²) in [6.45, 7) is 0.463. The molecule has 2 amide bonds. The predicted octanol–water partition coefficient (Wildman–Crippen LogP) is 4.06. The quantitative estimate of drug-likeness (QED) is 0.674. The number of hydrogen-bond donors (Lipinski definition) is 2. The average Bonchev–Trinajstić information content (AvgIpc) is 3.13. The first-order valence-corrected chi connectivity index (χ1v) is 7.75. The summed E-state index contributed by atoms with van der Waals surface area (Å²) in [5.74, 6) is -4.33. The average molecular weight is 360 g/mol. The number of carbonyl (C=O) groups is 1. The zero-order valence-corrected chi connectivity index (χ0v) is 13.5. The van der Waals surface area contributed by atoms with Crippen LogP contribution in [0.4, 0.5) is 23.7 Å². The van der Waals surface area contributed by atoms with Gasteiger partial charge in [0.1, 0.15) is 0 Å². The van der Waals surface area contributed by atoms with Gasteiger partial charge in [0.25, 0.3) is 0 Å². The van der Waals surface area contributed by atoms with E-state index in [1.54, 1.807) is 12.3 Å². The molecular formula is C18H15F3N4O. The van der Waals surface area contributed by atoms with Gasteiger partial charge in [-0.05, 0) is 11.6 Å². The van der Waals surface area contributed by atoms with E-state index in [2.05, 4.69) is 15.5 Å². The molecule has 1 heterocycles. The molecular weight excluding hydrogens is 345 g/mol. The van der Waals surface area contributed by atoms with E-state index >= 15 is 0 Å². The van der Waals surface area contributed by atoms with Gasteiger partial charge in [0, 0.05) is 30.6 Å². The van der Waals surface area contributed by atoms with Crippen molar-refractivity contribution in [1.82, 2.24) is 15.1 Å². The topological polar surface area (TPSA) is 61.0 Å². The number of aromatic amines is 1. The third-order valence-electron chi connectivity index (χ3n) is 3.66. The van der Waals surface area contributed by atoms with Crippen LogP contribution in [0.2, 0.25) is 0 Å². The fourth-order valence-electron chi connectivity index (χ4n) is 2.41. The standard InChI is InChI=1S/C18H15F3N4O/c19-15-8-14(9-16(20)17(15)21)23-18(26)25(11-13-6-7-22-24-13)10-12-4-2-1-3-5-12/h1-9H,10-11H2,(H,22,24)(H,23,26). The summed E-state index contributed by atoms with van der Waals surface area (Å²) in [4.78, 5) is 14.0. The van der Waals surface area contributed by atoms with Crippen molar-refractivity contribution in [2.24, 2.45) is 0 Å². The number of anilines is 1. The van der Waals surface area contributed by atoms with Gasteiger partial charge in [0.15, 0.2) is 17.5 Å². The number of carbonyl (C=O) groups excluding carboxylic acids is 1. The molecule has 0 unspecified atom stereocenters. The summed E-state index contributed by atoms with van der Waals surface area (Å²) in [6.07, 6.45) is 1.55. The normalized spacial score (nSPS) is 10.6. The van der Waals surface area contributed by atoms with Gasteiger partial charge in [0.05, 0.1) is 12.2 Å². The van der Waals surface area contributed by atoms with Gasteiger partial charge in [-0.3, -0.25) is 5.10 Å². The first kappa shape index (κ1) is 17.5. The maximum Gasteiger partial charge on any atom is 0.322 e. The molecule has 3 rings (SSSR count). The van der Waals surface area contributed by atoms with E-state index in [9.17, 15) is 18.0 Å². The number of hydrogen-bond acceptors (Lipinski definition) is 2. The largest absolute Gasteiger partial charge is 0.322 e. The highest BCUT2D eigenvalue weighted by Crippen LogP contribution is 2.18. The highest BCUT2D eigenvalue weighted by Gasteiger charge is 2.18. The highest BCUT2D eigenvalue weighted by molar-refractivity contribution is 5.89. The van der Waals surface area contributed by atoms with E-state index in [0.29, 0.717) is 5.69 Å². The van der Waals surface area contributed by atoms with Crippen molar-refractivity contribution in [2.45, 2.75) is 13.1 Å². The van der Waals surface area contributed by atoms with Crippen LogP contribution in [-0.4, -0.2) is 21.1 Å². The Morgan fingerprint density at radius 2 is 1.73 bits per heavy atom. The first-order chi connectivity index (χ1) is 12.5. The lowest BCUT2D eigenvalue weighted by Gasteiger charge is -2.23. The van der Waals surface area contributed by atoms with Crippen molar-refractivity contribution in [3.63, 3.8) is 0 Å². The second-order valence-corrected chi connectivity index (χ2v) is 5.61. The lowest BCUT2D eigenvalue weighted by Crippen LogP contribution is -2.34. The molecule has 0 saturated heterocycles. The number of benzene rings is 2. The van der Waals surface area contributed by atoms with E-state index in [4.69, 9.17) is 0 Å². The summed E-state index contributed by atoms with van der Waals surface area (Å²) >= 11 is 0. The van der Waals surface area contributed by atoms with Crippen LogP contribution in [0, 0.1) is 17.5 Å². The molecule has 0 radical (unpaired) electrons. The molecule has 0 atom stereocenters. The van der Waals surface area contributed by atoms with Crippen molar-refractivity contribution in [2.75, 3.05) is 5.32 Å². The molecule has 0 aliphatic heterocycles. The summed E-state index contributed by atoms with van der Waals surface area (Å²) in [5.41, 5.74) is 1.39. The number of rotatable bonds is 5. The zero-order chi connectivity index (χ0) is 18.5. The minimum atomic E-state index is -1.58. The summed E-state index contributed by atoms with van der Waals surface area (Å²) in [6, 6.07) is 11.8. The van der Waals surface area contributed by atoms with Crippen LogP contribution >= 0.6 is 0 Å². The van der Waals surface area contributed by atoms with E-state index in [0.717, 1.165) is 17.7 Å². The number of urea groups is 1. The van der Waals surface area contributed by atoms with Gasteiger partial charge in [-0.25, -0.2) is 18.0 Å². The SMILES string of the molecule is O=C(Nc1cc(F)c(F)c(F)c1)N(Cc1ccccc1)Cc1ccn[nH]1. The van der Waals surface area contributed by atoms with Gasteiger partial charge < -0.3 is 10.2 Å². The molecule has 0 bridgehead atoms. The van der Waals surface area contributed by atoms with E-state index in [1.165, 1.54) is 4.90 Å². The fraction of sp³-hybridized carbons (Fsp3) is 0.111. The van der Waals surface area contributed by atoms with Gasteiger partial charge in [-0.1, -0.05) is 30.3 Å². The van der Waals surface area contributed by atoms with Crippen LogP contribution < -0.4 is 5.32 Å². The lowest BCUT2D eigenvalue weighted by molar-refractivity contribution is 0.205. The Hall–Kier alpha value is -3.29. The number of H-pyrrole nitrogens is 1. The van der Waals surface area contributed by atoms with Crippen molar-refractivity contribution in [3.05, 3.63) is 83.4 Å². The molecule has 0 fully saturated rings. The Morgan fingerprint density at radius 3 is 2.35 bits per heavy atom. The molecule has 0 aliphatic rings. The van der Waals surface area contributed by atoms with E-state index in [1.807, 2.05) is 30.3 Å². The monoisotopic (exact) mass is 360 g/mol. The van der Waals surface area contributed by atoms with Crippen molar-refractivity contribution >= 4 is 11.7 Å². The Labute approximate surface area is 147 Å². The molecule has 26 heavy (non-hydrogen) atoms. The summed E-state index contributed by atoms with van der Waals surface area (Å²) in [7, 11) is 0. The molecule has 134 valence electrons. The summed E-state index contributed by atoms with van der Waals surface area (Å²) in [5, 5.41) is 8.98. The van der Waals surface area contributed by atoms with Crippen LogP contribution in [0.25, 0.3) is 0 Å². The Kier molecular flexibility index (Phi) is 5.21. The smallest absolute Gasteiger partial charge is 0.314 e. The maximum atomic E-state index is 13.4. The first-order valence-electron chi connectivity index (χ1n) is 7.75. The second kappa shape index (κ2) is 7.73. The van der Waals surface area contributed by atoms with Crippen molar-refractivity contribution in [1.29, 1.82) is 0 Å². The van der Waals surface area contributed by atoms with Crippen LogP contribution in [-0.2, 0) is 13.1 Å². The van der Waals surface area contributed by atoms with Crippen LogP contribution in [0.1, 0.15) is 11.3 Å². The molecule has 0 saturated carbocycles. The lowest BCUT2D eigenvalue weighted by atomic mass is 10.2. The van der Waals surface area contributed by atoms with Crippen LogP contribution in [0.3, 0.4) is 0 Å². The third-order valence-corrected chi connectivity index (χ3v) is 3.66. The van der Waals surface area contributed by atoms with Gasteiger partial charge in [-0.15, -0.1) is 0 Å². The highest BCUT2D eigenvalue weighted by atomic mass is 19.2. The number of amides is 2. The number of nitrogens with zero attached hydrogens (tertiary/aromatic N) is 2. The van der Waals surface area contributed by atoms with Gasteiger partial charge in [-0.2, -0.15) is 5.10 Å². The minimum absolute atomic E-state index is 0.172. The molecule has 0 spiro atoms. The van der Waals surface area contributed by atoms with Gasteiger partial charge in [0.2, 0.25) is 0 Å². The molecule has 1 aromatic heterocycles. The van der Waals surface area contributed by atoms with E-state index in [-0.39, 0.29) is 18.8 Å². The van der Waals surface area contributed by atoms with Crippen LogP contribution in [0.15, 0.2) is 54.7 Å². The Balaban J connectivity index is 1.79. The number of nitrogens with one attached hydrogen (secondary N) is 2. The molecule has 5 nitrogen and oxygen atoms in total. The van der Waals surface area contributed by atoms with Crippen molar-refractivity contribution in [3.8, 4) is 0 Å². The van der Waals surface area contributed by atoms with Gasteiger partial charge >= 0.3 is 6.03 Å². The predicted molar refractivity (Wildman–Crippen MR) is 89.6 cm³/mol. The zero-order valence-electron chi connectivity index (χ0n) is 13.5. The molecule has 0 aliphatic carbocycles. The number of halogens is 3. The molecule has 2 aromatic carbocycles. The van der Waals surface area contributed by atoms with E-state index < -0.39 is 23.5 Å². The maximum absolute atomic E-state index is 13.4. The second-order valence-electron chi connectivity index (χ2n) is 5.61. The number of aromatic nitrogens is 2. The molecule has 8 heteroatoms.